The number of aliphatic hydroxyl groups excluding tert-OH is 1. The van der Waals surface area contributed by atoms with Crippen molar-refractivity contribution in [1.29, 1.82) is 0 Å². The van der Waals surface area contributed by atoms with E-state index in [4.69, 9.17) is 4.74 Å². The first-order chi connectivity index (χ1) is 27.6. The molecule has 0 radical (unpaired) electrons. The largest absolute Gasteiger partial charge is 0.391 e. The van der Waals surface area contributed by atoms with Crippen LogP contribution in [0, 0.1) is 17.8 Å². The average molecular weight is 804 g/mol. The highest BCUT2D eigenvalue weighted by atomic mass is 32.1. The number of hydrogen-bond acceptors (Lipinski definition) is 9. The third-order valence-electron chi connectivity index (χ3n) is 12.5. The Labute approximate surface area is 340 Å². The van der Waals surface area contributed by atoms with Crippen molar-refractivity contribution >= 4 is 45.7 Å². The quantitative estimate of drug-likeness (QED) is 0.131. The van der Waals surface area contributed by atoms with E-state index >= 15 is 0 Å². The van der Waals surface area contributed by atoms with Crippen LogP contribution in [-0.2, 0) is 36.8 Å². The monoisotopic (exact) mass is 803 g/mol. The number of carbonyl (C=O) groups is 4. The molecule has 5 atom stereocenters. The van der Waals surface area contributed by atoms with Crippen LogP contribution < -0.4 is 16.0 Å². The molecule has 13 heteroatoms. The molecule has 3 aliphatic rings. The standard InChI is InChI=1S/C44H61N5O7S/c1-45-42(53)36(44(55)17-8-3-9-18-44)27-39(50)37(23-30-11-4-2-5-12-30)47-43(54)38(26-34-28-57-29-46-34)48-41(52)33(25-40(51)49-19-21-56-22-20-49)24-32-15-10-14-31-13-6-7-16-35(31)32/h6-7,10,13-16,28-30,33,36-39,50,55H,2-5,8-9,11-12,17-27H2,1H3,(H,45,53)(H,47,54)(H,48,52)/t33?,36?,37?,38-,39?/m0/s1. The number of nitrogens with zero attached hydrogens (tertiary/aromatic N) is 2. The molecular weight excluding hydrogens is 743 g/mol. The van der Waals surface area contributed by atoms with E-state index in [0.717, 1.165) is 67.7 Å². The van der Waals surface area contributed by atoms with Crippen LogP contribution in [0.2, 0.25) is 0 Å². The second-order valence-corrected chi connectivity index (χ2v) is 17.2. The summed E-state index contributed by atoms with van der Waals surface area (Å²) < 4.78 is 5.47. The lowest BCUT2D eigenvalue weighted by Gasteiger charge is -2.40. The van der Waals surface area contributed by atoms with Gasteiger partial charge < -0.3 is 35.8 Å². The van der Waals surface area contributed by atoms with E-state index in [0.29, 0.717) is 57.7 Å². The van der Waals surface area contributed by atoms with Crippen LogP contribution in [0.4, 0.5) is 0 Å². The van der Waals surface area contributed by atoms with Crippen LogP contribution in [0.5, 0.6) is 0 Å². The molecule has 57 heavy (non-hydrogen) atoms. The molecule has 2 heterocycles. The molecule has 1 aromatic heterocycles. The van der Waals surface area contributed by atoms with Crippen molar-refractivity contribution in [1.82, 2.24) is 25.8 Å². The average Bonchev–Trinajstić information content (AvgIpc) is 3.76. The highest BCUT2D eigenvalue weighted by Gasteiger charge is 2.44. The molecule has 310 valence electrons. The zero-order chi connectivity index (χ0) is 40.2. The number of rotatable bonds is 17. The van der Waals surface area contributed by atoms with Crippen LogP contribution in [0.15, 0.2) is 53.4 Å². The Bertz CT molecular complexity index is 1770. The van der Waals surface area contributed by atoms with E-state index in [1.54, 1.807) is 17.5 Å². The van der Waals surface area contributed by atoms with Crippen molar-refractivity contribution < 1.29 is 34.1 Å². The molecule has 4 unspecified atom stereocenters. The van der Waals surface area contributed by atoms with Gasteiger partial charge in [-0.3, -0.25) is 19.2 Å². The molecule has 3 fully saturated rings. The Kier molecular flexibility index (Phi) is 15.5. The number of ether oxygens (including phenoxy) is 1. The fourth-order valence-electron chi connectivity index (χ4n) is 9.23. The molecular formula is C44H61N5O7S. The second-order valence-electron chi connectivity index (χ2n) is 16.5. The molecule has 5 N–H and O–H groups in total. The minimum Gasteiger partial charge on any atom is -0.391 e. The number of carbonyl (C=O) groups excluding carboxylic acids is 4. The fraction of sp³-hybridized carbons (Fsp3) is 0.614. The second kappa shape index (κ2) is 20.7. The summed E-state index contributed by atoms with van der Waals surface area (Å²) in [6.45, 7) is 1.80. The van der Waals surface area contributed by atoms with Gasteiger partial charge in [0, 0.05) is 38.4 Å². The van der Waals surface area contributed by atoms with E-state index in [9.17, 15) is 29.4 Å². The van der Waals surface area contributed by atoms with E-state index in [2.05, 4.69) is 20.9 Å². The summed E-state index contributed by atoms with van der Waals surface area (Å²) in [5.41, 5.74) is 2.02. The van der Waals surface area contributed by atoms with Crippen molar-refractivity contribution in [2.45, 2.75) is 120 Å². The van der Waals surface area contributed by atoms with Gasteiger partial charge in [-0.25, -0.2) is 4.98 Å². The first kappa shape index (κ1) is 42.7. The lowest BCUT2D eigenvalue weighted by molar-refractivity contribution is -0.141. The first-order valence-electron chi connectivity index (χ1n) is 21.1. The summed E-state index contributed by atoms with van der Waals surface area (Å²) in [7, 11) is 1.54. The number of fused-ring (bicyclic) bond motifs is 1. The highest BCUT2D eigenvalue weighted by Crippen LogP contribution is 2.38. The molecule has 4 amide bonds. The summed E-state index contributed by atoms with van der Waals surface area (Å²) in [5.74, 6) is -2.68. The number of aliphatic hydroxyl groups is 2. The molecule has 0 spiro atoms. The summed E-state index contributed by atoms with van der Waals surface area (Å²) >= 11 is 1.39. The van der Waals surface area contributed by atoms with Crippen molar-refractivity contribution in [3.63, 3.8) is 0 Å². The number of hydrogen-bond donors (Lipinski definition) is 5. The van der Waals surface area contributed by atoms with Crippen molar-refractivity contribution in [3.8, 4) is 0 Å². The van der Waals surface area contributed by atoms with Gasteiger partial charge in [0.05, 0.1) is 54.0 Å². The molecule has 0 bridgehead atoms. The van der Waals surface area contributed by atoms with E-state index in [-0.39, 0.29) is 37.0 Å². The van der Waals surface area contributed by atoms with Gasteiger partial charge in [-0.1, -0.05) is 93.8 Å². The molecule has 2 aliphatic carbocycles. The number of benzene rings is 2. The van der Waals surface area contributed by atoms with Gasteiger partial charge >= 0.3 is 0 Å². The van der Waals surface area contributed by atoms with E-state index in [1.165, 1.54) is 11.3 Å². The number of aromatic nitrogens is 1. The Morgan fingerprint density at radius 1 is 0.912 bits per heavy atom. The van der Waals surface area contributed by atoms with Crippen LogP contribution in [-0.4, -0.2) is 101 Å². The van der Waals surface area contributed by atoms with Crippen LogP contribution >= 0.6 is 11.3 Å². The number of morpholine rings is 1. The summed E-state index contributed by atoms with van der Waals surface area (Å²) in [6, 6.07) is 12.1. The zero-order valence-electron chi connectivity index (χ0n) is 33.3. The molecule has 2 aromatic carbocycles. The lowest BCUT2D eigenvalue weighted by Crippen LogP contribution is -2.56. The topological polar surface area (TPSA) is 170 Å². The SMILES string of the molecule is CNC(=O)C(CC(O)C(CC1CCCCC1)NC(=O)[C@H](Cc1cscn1)NC(=O)C(CC(=O)N1CCOCC1)Cc1cccc2ccccc12)C1(O)CCCCC1. The number of amides is 4. The minimum atomic E-state index is -1.24. The minimum absolute atomic E-state index is 0.00624. The predicted molar refractivity (Wildman–Crippen MR) is 220 cm³/mol. The Hall–Kier alpha value is -3.91. The predicted octanol–water partition coefficient (Wildman–Crippen LogP) is 4.70. The Morgan fingerprint density at radius 3 is 2.35 bits per heavy atom. The lowest BCUT2D eigenvalue weighted by atomic mass is 9.72. The van der Waals surface area contributed by atoms with Crippen molar-refractivity contribution in [2.75, 3.05) is 33.4 Å². The van der Waals surface area contributed by atoms with Gasteiger partial charge in [0.2, 0.25) is 23.6 Å². The maximum absolute atomic E-state index is 14.5. The van der Waals surface area contributed by atoms with E-state index in [1.807, 2.05) is 47.8 Å². The smallest absolute Gasteiger partial charge is 0.243 e. The third-order valence-corrected chi connectivity index (χ3v) is 13.2. The van der Waals surface area contributed by atoms with Gasteiger partial charge in [0.15, 0.2) is 0 Å². The maximum Gasteiger partial charge on any atom is 0.243 e. The molecule has 12 nitrogen and oxygen atoms in total. The van der Waals surface area contributed by atoms with Crippen molar-refractivity contribution in [2.24, 2.45) is 17.8 Å². The molecule has 3 aromatic rings. The van der Waals surface area contributed by atoms with Gasteiger partial charge in [-0.2, -0.15) is 0 Å². The summed E-state index contributed by atoms with van der Waals surface area (Å²) in [5, 5.41) is 36.4. The normalized spacial score (nSPS) is 20.2. The number of nitrogens with one attached hydrogen (secondary N) is 3. The molecule has 1 aliphatic heterocycles. The summed E-state index contributed by atoms with van der Waals surface area (Å²) in [6.07, 6.45) is 8.58. The van der Waals surface area contributed by atoms with Gasteiger partial charge in [-0.15, -0.1) is 11.3 Å². The number of thiazole rings is 1. The van der Waals surface area contributed by atoms with Crippen LogP contribution in [0.1, 0.15) is 94.7 Å². The van der Waals surface area contributed by atoms with Crippen molar-refractivity contribution in [3.05, 3.63) is 64.6 Å². The third kappa shape index (κ3) is 11.6. The van der Waals surface area contributed by atoms with Gasteiger partial charge in [-0.05, 0) is 54.4 Å². The first-order valence-corrected chi connectivity index (χ1v) is 22.0. The van der Waals surface area contributed by atoms with Gasteiger partial charge in [0.1, 0.15) is 6.04 Å². The molecule has 2 saturated carbocycles. The molecule has 6 rings (SSSR count). The van der Waals surface area contributed by atoms with Crippen LogP contribution in [0.25, 0.3) is 10.8 Å². The van der Waals surface area contributed by atoms with E-state index < -0.39 is 47.4 Å². The Balaban J connectivity index is 1.25. The zero-order valence-corrected chi connectivity index (χ0v) is 34.2. The Morgan fingerprint density at radius 2 is 1.63 bits per heavy atom. The fourth-order valence-corrected chi connectivity index (χ4v) is 9.80. The van der Waals surface area contributed by atoms with Gasteiger partial charge in [0.25, 0.3) is 0 Å². The summed E-state index contributed by atoms with van der Waals surface area (Å²) in [4.78, 5) is 62.2. The molecule has 1 saturated heterocycles. The maximum atomic E-state index is 14.5. The highest BCUT2D eigenvalue weighted by molar-refractivity contribution is 7.07. The van der Waals surface area contributed by atoms with Crippen LogP contribution in [0.3, 0.4) is 0 Å².